The Labute approximate surface area is 144 Å². The molecule has 9 nitrogen and oxygen atoms in total. The van der Waals surface area contributed by atoms with Crippen LogP contribution in [0.3, 0.4) is 0 Å². The number of hydrogen-bond donors (Lipinski definition) is 3. The molecule has 0 fully saturated rings. The van der Waals surface area contributed by atoms with E-state index in [4.69, 9.17) is 15.2 Å². The van der Waals surface area contributed by atoms with Gasteiger partial charge in [0.05, 0.1) is 17.9 Å². The third kappa shape index (κ3) is 4.19. The van der Waals surface area contributed by atoms with Gasteiger partial charge in [-0.2, -0.15) is 5.10 Å². The van der Waals surface area contributed by atoms with Crippen LogP contribution in [0, 0.1) is 0 Å². The van der Waals surface area contributed by atoms with Crippen molar-refractivity contribution in [2.45, 2.75) is 19.5 Å². The van der Waals surface area contributed by atoms with Crippen LogP contribution in [0.5, 0.6) is 11.5 Å². The normalized spacial score (nSPS) is 13.8. The number of nitrogens with one attached hydrogen (secondary N) is 2. The first-order chi connectivity index (χ1) is 12.0. The minimum absolute atomic E-state index is 0.0447. The highest BCUT2D eigenvalue weighted by atomic mass is 16.6. The van der Waals surface area contributed by atoms with Crippen LogP contribution in [0.25, 0.3) is 0 Å². The highest BCUT2D eigenvalue weighted by molar-refractivity contribution is 5.89. The van der Waals surface area contributed by atoms with Crippen molar-refractivity contribution < 1.29 is 19.1 Å². The van der Waals surface area contributed by atoms with E-state index in [1.807, 2.05) is 25.1 Å². The topological polar surface area (TPSA) is 120 Å². The van der Waals surface area contributed by atoms with Gasteiger partial charge in [0.25, 0.3) is 0 Å². The molecule has 1 aromatic carbocycles. The van der Waals surface area contributed by atoms with E-state index in [2.05, 4.69) is 15.7 Å². The molecule has 25 heavy (non-hydrogen) atoms. The maximum Gasteiger partial charge on any atom is 0.319 e. The van der Waals surface area contributed by atoms with E-state index in [1.165, 1.54) is 17.1 Å². The molecule has 1 atom stereocenters. The monoisotopic (exact) mass is 345 g/mol. The number of fused-ring (bicyclic) bond motifs is 1. The largest absolute Gasteiger partial charge is 0.486 e. The molecule has 0 bridgehead atoms. The van der Waals surface area contributed by atoms with Crippen molar-refractivity contribution in [2.24, 2.45) is 5.73 Å². The summed E-state index contributed by atoms with van der Waals surface area (Å²) in [4.78, 5) is 23.0. The fraction of sp³-hybridized carbons (Fsp3) is 0.312. The predicted molar refractivity (Wildman–Crippen MR) is 89.4 cm³/mol. The first-order valence-electron chi connectivity index (χ1n) is 7.79. The fourth-order valence-corrected chi connectivity index (χ4v) is 2.45. The lowest BCUT2D eigenvalue weighted by Gasteiger charge is -2.21. The maximum atomic E-state index is 12.1. The zero-order valence-corrected chi connectivity index (χ0v) is 13.7. The second kappa shape index (κ2) is 7.12. The Kier molecular flexibility index (Phi) is 4.73. The number of anilines is 1. The molecule has 1 aromatic heterocycles. The van der Waals surface area contributed by atoms with Crippen molar-refractivity contribution in [3.8, 4) is 11.5 Å². The van der Waals surface area contributed by atoms with Gasteiger partial charge >= 0.3 is 6.03 Å². The lowest BCUT2D eigenvalue weighted by atomic mass is 10.1. The van der Waals surface area contributed by atoms with Crippen LogP contribution in [0.1, 0.15) is 18.5 Å². The number of rotatable bonds is 5. The van der Waals surface area contributed by atoms with Crippen LogP contribution in [0.15, 0.2) is 30.6 Å². The molecule has 3 rings (SSSR count). The first-order valence-corrected chi connectivity index (χ1v) is 7.79. The number of primary amides is 1. The van der Waals surface area contributed by atoms with E-state index >= 15 is 0 Å². The van der Waals surface area contributed by atoms with Gasteiger partial charge in [0.15, 0.2) is 11.5 Å². The minimum atomic E-state index is -0.508. The van der Waals surface area contributed by atoms with Crippen LogP contribution in [-0.2, 0) is 11.3 Å². The molecular formula is C16H19N5O4. The van der Waals surface area contributed by atoms with Gasteiger partial charge in [-0.3, -0.25) is 9.48 Å². The van der Waals surface area contributed by atoms with Crippen molar-refractivity contribution in [1.82, 2.24) is 15.1 Å². The van der Waals surface area contributed by atoms with Gasteiger partial charge in [-0.1, -0.05) is 6.07 Å². The van der Waals surface area contributed by atoms with Crippen LogP contribution in [0.4, 0.5) is 10.5 Å². The van der Waals surface area contributed by atoms with E-state index in [1.54, 1.807) is 0 Å². The molecule has 2 aromatic rings. The summed E-state index contributed by atoms with van der Waals surface area (Å²) in [6.07, 6.45) is 2.97. The zero-order valence-electron chi connectivity index (χ0n) is 13.7. The number of urea groups is 1. The number of aromatic nitrogens is 2. The van der Waals surface area contributed by atoms with Gasteiger partial charge in [-0.15, -0.1) is 0 Å². The van der Waals surface area contributed by atoms with E-state index in [0.717, 1.165) is 5.56 Å². The molecule has 0 unspecified atom stereocenters. The average molecular weight is 345 g/mol. The van der Waals surface area contributed by atoms with Crippen molar-refractivity contribution in [1.29, 1.82) is 0 Å². The van der Waals surface area contributed by atoms with E-state index in [0.29, 0.717) is 30.4 Å². The number of benzene rings is 1. The lowest BCUT2D eigenvalue weighted by Crippen LogP contribution is -2.31. The number of hydrogen-bond acceptors (Lipinski definition) is 5. The molecular weight excluding hydrogens is 326 g/mol. The Hall–Kier alpha value is -3.23. The van der Waals surface area contributed by atoms with Crippen molar-refractivity contribution in [3.05, 3.63) is 36.2 Å². The molecule has 4 N–H and O–H groups in total. The van der Waals surface area contributed by atoms with Crippen molar-refractivity contribution in [3.63, 3.8) is 0 Å². The zero-order chi connectivity index (χ0) is 17.8. The highest BCUT2D eigenvalue weighted by Crippen LogP contribution is 2.32. The lowest BCUT2D eigenvalue weighted by molar-refractivity contribution is -0.118. The molecule has 9 heteroatoms. The molecule has 2 heterocycles. The molecule has 1 aliphatic rings. The number of nitrogens with two attached hydrogens (primary N) is 1. The summed E-state index contributed by atoms with van der Waals surface area (Å²) in [7, 11) is 0. The summed E-state index contributed by atoms with van der Waals surface area (Å²) in [5.41, 5.74) is 6.45. The molecule has 1 aliphatic heterocycles. The van der Waals surface area contributed by atoms with Crippen LogP contribution in [0.2, 0.25) is 0 Å². The number of carbonyl (C=O) groups excluding carboxylic acids is 2. The third-order valence-corrected chi connectivity index (χ3v) is 3.62. The molecule has 132 valence electrons. The Morgan fingerprint density at radius 2 is 2.08 bits per heavy atom. The quantitative estimate of drug-likeness (QED) is 0.747. The Morgan fingerprint density at radius 3 is 2.84 bits per heavy atom. The summed E-state index contributed by atoms with van der Waals surface area (Å²) >= 11 is 0. The fourth-order valence-electron chi connectivity index (χ4n) is 2.45. The summed E-state index contributed by atoms with van der Waals surface area (Å²) in [5.74, 6) is 0.866. The average Bonchev–Trinajstić information content (AvgIpc) is 3.00. The van der Waals surface area contributed by atoms with Gasteiger partial charge in [0.2, 0.25) is 5.91 Å². The number of amides is 3. The van der Waals surface area contributed by atoms with Crippen molar-refractivity contribution in [2.75, 3.05) is 18.5 Å². The summed E-state index contributed by atoms with van der Waals surface area (Å²) in [6, 6.07) is 4.93. The smallest absolute Gasteiger partial charge is 0.319 e. The van der Waals surface area contributed by atoms with E-state index in [9.17, 15) is 9.59 Å². The van der Waals surface area contributed by atoms with E-state index in [-0.39, 0.29) is 18.6 Å². The number of nitrogens with zero attached hydrogens (tertiary/aromatic N) is 2. The van der Waals surface area contributed by atoms with Crippen molar-refractivity contribution >= 4 is 17.6 Å². The van der Waals surface area contributed by atoms with Crippen LogP contribution >= 0.6 is 0 Å². The summed E-state index contributed by atoms with van der Waals surface area (Å²) < 4.78 is 12.4. The first kappa shape index (κ1) is 16.6. The Balaban J connectivity index is 1.58. The number of carbonyl (C=O) groups is 2. The Bertz CT molecular complexity index is 789. The molecule has 0 radical (unpaired) electrons. The molecule has 0 spiro atoms. The second-order valence-electron chi connectivity index (χ2n) is 5.62. The maximum absolute atomic E-state index is 12.1. The SMILES string of the molecule is C[C@H](NC(=O)Nc1cnn(CC(N)=O)c1)c1ccc2c(c1)OCCO2. The highest BCUT2D eigenvalue weighted by Gasteiger charge is 2.16. The van der Waals surface area contributed by atoms with Crippen LogP contribution < -0.4 is 25.8 Å². The third-order valence-electron chi connectivity index (χ3n) is 3.62. The summed E-state index contributed by atoms with van der Waals surface area (Å²) in [5, 5.41) is 9.42. The molecule has 0 aliphatic carbocycles. The molecule has 3 amide bonds. The summed E-state index contributed by atoms with van der Waals surface area (Å²) in [6.45, 7) is 2.86. The molecule has 0 saturated heterocycles. The standard InChI is InChI=1S/C16H19N5O4/c1-10(11-2-3-13-14(6-11)25-5-4-24-13)19-16(23)20-12-7-18-21(8-12)9-15(17)22/h2-3,6-8,10H,4-5,9H2,1H3,(H2,17,22)(H2,19,20,23)/t10-/m0/s1. The van der Waals surface area contributed by atoms with Crippen LogP contribution in [-0.4, -0.2) is 34.9 Å². The van der Waals surface area contributed by atoms with Gasteiger partial charge in [-0.25, -0.2) is 4.79 Å². The van der Waals surface area contributed by atoms with Gasteiger partial charge < -0.3 is 25.8 Å². The second-order valence-corrected chi connectivity index (χ2v) is 5.62. The molecule has 0 saturated carbocycles. The van der Waals surface area contributed by atoms with E-state index < -0.39 is 5.91 Å². The predicted octanol–water partition coefficient (Wildman–Crippen LogP) is 1.02. The Morgan fingerprint density at radius 1 is 1.32 bits per heavy atom. The van der Waals surface area contributed by atoms with Gasteiger partial charge in [0, 0.05) is 6.20 Å². The minimum Gasteiger partial charge on any atom is -0.486 e. The van der Waals surface area contributed by atoms with Gasteiger partial charge in [-0.05, 0) is 24.6 Å². The van der Waals surface area contributed by atoms with Gasteiger partial charge in [0.1, 0.15) is 19.8 Å². The number of ether oxygens (including phenoxy) is 2.